The number of hydrogen-bond donors (Lipinski definition) is 2. The van der Waals surface area contributed by atoms with Gasteiger partial charge in [0.1, 0.15) is 0 Å². The Bertz CT molecular complexity index is 322. The highest BCUT2D eigenvalue weighted by atomic mass is 16.2. The van der Waals surface area contributed by atoms with E-state index in [1.165, 1.54) is 5.56 Å². The molecule has 0 aliphatic heterocycles. The molecule has 88 valence electrons. The smallest absolute Gasteiger partial charge is 0.236 e. The van der Waals surface area contributed by atoms with Gasteiger partial charge in [0.2, 0.25) is 5.91 Å². The molecule has 0 aromatic heterocycles. The Morgan fingerprint density at radius 2 is 1.94 bits per heavy atom. The first kappa shape index (κ1) is 12.7. The topological polar surface area (TPSA) is 55.1 Å². The number of aryl methyl sites for hydroxylation is 1. The Balaban J connectivity index is 2.30. The van der Waals surface area contributed by atoms with E-state index < -0.39 is 6.04 Å². The first-order valence-electron chi connectivity index (χ1n) is 5.69. The van der Waals surface area contributed by atoms with Gasteiger partial charge in [-0.1, -0.05) is 30.3 Å². The minimum Gasteiger partial charge on any atom is -0.352 e. The van der Waals surface area contributed by atoms with Gasteiger partial charge in [0.25, 0.3) is 0 Å². The van der Waals surface area contributed by atoms with Gasteiger partial charge in [-0.3, -0.25) is 4.79 Å². The maximum Gasteiger partial charge on any atom is 0.236 e. The number of benzene rings is 1. The van der Waals surface area contributed by atoms with Crippen molar-refractivity contribution in [3.63, 3.8) is 0 Å². The number of amides is 1. The fourth-order valence-corrected chi connectivity index (χ4v) is 1.47. The molecule has 1 rings (SSSR count). The predicted octanol–water partition coefficient (Wildman–Crippen LogP) is 1.47. The van der Waals surface area contributed by atoms with Crippen LogP contribution in [-0.2, 0) is 11.2 Å². The maximum absolute atomic E-state index is 11.3. The quantitative estimate of drug-likeness (QED) is 0.789. The molecule has 0 radical (unpaired) electrons. The molecule has 0 aliphatic rings. The molecule has 1 aromatic carbocycles. The minimum atomic E-state index is -0.431. The molecule has 16 heavy (non-hydrogen) atoms. The van der Waals surface area contributed by atoms with E-state index in [1.54, 1.807) is 6.92 Å². The summed E-state index contributed by atoms with van der Waals surface area (Å²) in [5.74, 6) is -0.0828. The SMILES string of the molecule is CC(CCc1ccccc1)NC(=O)[C@@H](C)N. The van der Waals surface area contributed by atoms with E-state index in [2.05, 4.69) is 17.4 Å². The molecule has 3 N–H and O–H groups in total. The fourth-order valence-electron chi connectivity index (χ4n) is 1.47. The van der Waals surface area contributed by atoms with Crippen LogP contribution in [0.3, 0.4) is 0 Å². The third-order valence-electron chi connectivity index (χ3n) is 2.51. The van der Waals surface area contributed by atoms with E-state index >= 15 is 0 Å². The van der Waals surface area contributed by atoms with Crippen molar-refractivity contribution in [1.29, 1.82) is 0 Å². The number of rotatable bonds is 5. The average molecular weight is 220 g/mol. The number of carbonyl (C=O) groups excluding carboxylic acids is 1. The van der Waals surface area contributed by atoms with Crippen molar-refractivity contribution in [2.45, 2.75) is 38.8 Å². The second-order valence-electron chi connectivity index (χ2n) is 4.22. The summed E-state index contributed by atoms with van der Waals surface area (Å²) in [7, 11) is 0. The molecule has 1 amide bonds. The zero-order valence-electron chi connectivity index (χ0n) is 9.94. The van der Waals surface area contributed by atoms with Crippen LogP contribution in [0.15, 0.2) is 30.3 Å². The number of hydrogen-bond acceptors (Lipinski definition) is 2. The monoisotopic (exact) mass is 220 g/mol. The molecule has 1 aromatic rings. The Morgan fingerprint density at radius 1 is 1.31 bits per heavy atom. The van der Waals surface area contributed by atoms with Crippen LogP contribution in [-0.4, -0.2) is 18.0 Å². The molecule has 0 fully saturated rings. The van der Waals surface area contributed by atoms with E-state index in [9.17, 15) is 4.79 Å². The van der Waals surface area contributed by atoms with Gasteiger partial charge in [-0.15, -0.1) is 0 Å². The Kier molecular flexibility index (Phi) is 4.99. The normalized spacial score (nSPS) is 14.2. The molecular formula is C13H20N2O. The highest BCUT2D eigenvalue weighted by molar-refractivity contribution is 5.81. The predicted molar refractivity (Wildman–Crippen MR) is 66.0 cm³/mol. The number of nitrogens with two attached hydrogens (primary N) is 1. The Labute approximate surface area is 97.0 Å². The molecule has 2 atom stereocenters. The zero-order valence-corrected chi connectivity index (χ0v) is 9.94. The van der Waals surface area contributed by atoms with Crippen molar-refractivity contribution < 1.29 is 4.79 Å². The number of carbonyl (C=O) groups is 1. The highest BCUT2D eigenvalue weighted by Gasteiger charge is 2.10. The number of nitrogens with one attached hydrogen (secondary N) is 1. The zero-order chi connectivity index (χ0) is 12.0. The fraction of sp³-hybridized carbons (Fsp3) is 0.462. The average Bonchev–Trinajstić information content (AvgIpc) is 2.27. The Morgan fingerprint density at radius 3 is 2.50 bits per heavy atom. The lowest BCUT2D eigenvalue weighted by Crippen LogP contribution is -2.42. The lowest BCUT2D eigenvalue weighted by molar-refractivity contribution is -0.122. The molecule has 1 unspecified atom stereocenters. The molecule has 0 aliphatic carbocycles. The van der Waals surface area contributed by atoms with Crippen LogP contribution in [0.1, 0.15) is 25.8 Å². The lowest BCUT2D eigenvalue weighted by Gasteiger charge is -2.15. The van der Waals surface area contributed by atoms with Crippen LogP contribution in [0, 0.1) is 0 Å². The van der Waals surface area contributed by atoms with Crippen molar-refractivity contribution in [3.05, 3.63) is 35.9 Å². The van der Waals surface area contributed by atoms with E-state index in [0.29, 0.717) is 0 Å². The molecule has 3 nitrogen and oxygen atoms in total. The van der Waals surface area contributed by atoms with Gasteiger partial charge in [0.05, 0.1) is 6.04 Å². The van der Waals surface area contributed by atoms with E-state index in [1.807, 2.05) is 25.1 Å². The van der Waals surface area contributed by atoms with Crippen LogP contribution < -0.4 is 11.1 Å². The van der Waals surface area contributed by atoms with Crippen LogP contribution in [0.2, 0.25) is 0 Å². The van der Waals surface area contributed by atoms with Crippen molar-refractivity contribution in [2.75, 3.05) is 0 Å². The Hall–Kier alpha value is -1.35. The van der Waals surface area contributed by atoms with Gasteiger partial charge in [-0.2, -0.15) is 0 Å². The second kappa shape index (κ2) is 6.28. The van der Waals surface area contributed by atoms with Crippen molar-refractivity contribution in [1.82, 2.24) is 5.32 Å². The van der Waals surface area contributed by atoms with Gasteiger partial charge in [0.15, 0.2) is 0 Å². The summed E-state index contributed by atoms with van der Waals surface area (Å²) in [4.78, 5) is 11.3. The van der Waals surface area contributed by atoms with E-state index in [-0.39, 0.29) is 11.9 Å². The highest BCUT2D eigenvalue weighted by Crippen LogP contribution is 2.04. The maximum atomic E-state index is 11.3. The van der Waals surface area contributed by atoms with E-state index in [4.69, 9.17) is 5.73 Å². The van der Waals surface area contributed by atoms with Gasteiger partial charge in [-0.05, 0) is 32.3 Å². The van der Waals surface area contributed by atoms with Crippen LogP contribution >= 0.6 is 0 Å². The van der Waals surface area contributed by atoms with Crippen molar-refractivity contribution in [2.24, 2.45) is 5.73 Å². The molecule has 3 heteroatoms. The summed E-state index contributed by atoms with van der Waals surface area (Å²) in [6.45, 7) is 3.70. The first-order valence-corrected chi connectivity index (χ1v) is 5.69. The summed E-state index contributed by atoms with van der Waals surface area (Å²) in [6, 6.07) is 9.99. The van der Waals surface area contributed by atoms with Crippen molar-refractivity contribution >= 4 is 5.91 Å². The molecule has 0 spiro atoms. The summed E-state index contributed by atoms with van der Waals surface area (Å²) < 4.78 is 0. The van der Waals surface area contributed by atoms with Gasteiger partial charge < -0.3 is 11.1 Å². The van der Waals surface area contributed by atoms with Gasteiger partial charge >= 0.3 is 0 Å². The van der Waals surface area contributed by atoms with Gasteiger partial charge in [0, 0.05) is 6.04 Å². The first-order chi connectivity index (χ1) is 7.59. The summed E-state index contributed by atoms with van der Waals surface area (Å²) in [5, 5.41) is 2.89. The van der Waals surface area contributed by atoms with Crippen LogP contribution in [0.4, 0.5) is 0 Å². The minimum absolute atomic E-state index is 0.0828. The molecule has 0 heterocycles. The molecule has 0 bridgehead atoms. The lowest BCUT2D eigenvalue weighted by atomic mass is 10.1. The second-order valence-corrected chi connectivity index (χ2v) is 4.22. The van der Waals surface area contributed by atoms with Crippen LogP contribution in [0.25, 0.3) is 0 Å². The third kappa shape index (κ3) is 4.45. The van der Waals surface area contributed by atoms with Gasteiger partial charge in [-0.25, -0.2) is 0 Å². The van der Waals surface area contributed by atoms with E-state index in [0.717, 1.165) is 12.8 Å². The summed E-state index contributed by atoms with van der Waals surface area (Å²) >= 11 is 0. The molecule has 0 saturated carbocycles. The third-order valence-corrected chi connectivity index (χ3v) is 2.51. The van der Waals surface area contributed by atoms with Crippen LogP contribution in [0.5, 0.6) is 0 Å². The molecular weight excluding hydrogens is 200 g/mol. The standard InChI is InChI=1S/C13H20N2O/c1-10(15-13(16)11(2)14)8-9-12-6-4-3-5-7-12/h3-7,10-11H,8-9,14H2,1-2H3,(H,15,16)/t10?,11-/m1/s1. The summed E-state index contributed by atoms with van der Waals surface area (Å²) in [6.07, 6.45) is 1.91. The van der Waals surface area contributed by atoms with Crippen molar-refractivity contribution in [3.8, 4) is 0 Å². The molecule has 0 saturated heterocycles. The largest absolute Gasteiger partial charge is 0.352 e. The summed E-state index contributed by atoms with van der Waals surface area (Å²) in [5.41, 5.74) is 6.78.